The molecule has 0 aliphatic carbocycles. The Labute approximate surface area is 185 Å². The van der Waals surface area contributed by atoms with E-state index >= 15 is 0 Å². The van der Waals surface area contributed by atoms with Gasteiger partial charge in [0, 0.05) is 34.9 Å². The number of carbonyl (C=O) groups is 1. The number of rotatable bonds is 8. The fraction of sp³-hybridized carbons (Fsp3) is 0.208. The van der Waals surface area contributed by atoms with Crippen LogP contribution in [-0.4, -0.2) is 13.0 Å². The van der Waals surface area contributed by atoms with Gasteiger partial charge in [-0.2, -0.15) is 0 Å². The van der Waals surface area contributed by atoms with Crippen LogP contribution >= 0.6 is 15.9 Å². The zero-order valence-electron chi connectivity index (χ0n) is 17.3. The summed E-state index contributed by atoms with van der Waals surface area (Å²) < 4.78 is 12.7. The molecule has 0 saturated carbocycles. The van der Waals surface area contributed by atoms with Gasteiger partial charge >= 0.3 is 0 Å². The number of ether oxygens (including phenoxy) is 2. The third-order valence-electron chi connectivity index (χ3n) is 4.53. The molecular weight excluding hydrogens is 444 g/mol. The number of benzene rings is 3. The molecule has 2 N–H and O–H groups in total. The molecule has 30 heavy (non-hydrogen) atoms. The molecule has 5 nitrogen and oxygen atoms in total. The van der Waals surface area contributed by atoms with Crippen molar-refractivity contribution in [3.8, 4) is 11.5 Å². The number of hydrogen-bond donors (Lipinski definition) is 2. The molecule has 0 aromatic heterocycles. The summed E-state index contributed by atoms with van der Waals surface area (Å²) in [6, 6.07) is 19.7. The zero-order valence-corrected chi connectivity index (χ0v) is 18.9. The van der Waals surface area contributed by atoms with Crippen molar-refractivity contribution in [3.63, 3.8) is 0 Å². The summed E-state index contributed by atoms with van der Waals surface area (Å²) in [5.74, 6) is 1.30. The van der Waals surface area contributed by atoms with E-state index < -0.39 is 0 Å². The van der Waals surface area contributed by atoms with Gasteiger partial charge in [-0.15, -0.1) is 0 Å². The Balaban J connectivity index is 1.77. The van der Waals surface area contributed by atoms with Crippen LogP contribution in [0.15, 0.2) is 65.1 Å². The van der Waals surface area contributed by atoms with Gasteiger partial charge < -0.3 is 20.1 Å². The molecule has 0 bridgehead atoms. The van der Waals surface area contributed by atoms with Crippen LogP contribution in [0.2, 0.25) is 0 Å². The Morgan fingerprint density at radius 2 is 1.77 bits per heavy atom. The summed E-state index contributed by atoms with van der Waals surface area (Å²) in [4.78, 5) is 11.2. The highest BCUT2D eigenvalue weighted by atomic mass is 79.9. The van der Waals surface area contributed by atoms with Crippen LogP contribution in [0.1, 0.15) is 23.6 Å². The van der Waals surface area contributed by atoms with Gasteiger partial charge in [0.05, 0.1) is 7.11 Å². The highest BCUT2D eigenvalue weighted by Gasteiger charge is 2.15. The van der Waals surface area contributed by atoms with Crippen molar-refractivity contribution in [3.05, 3.63) is 81.8 Å². The second-order valence-electron chi connectivity index (χ2n) is 6.95. The van der Waals surface area contributed by atoms with Crippen molar-refractivity contribution in [1.82, 2.24) is 0 Å². The first kappa shape index (κ1) is 21.7. The fourth-order valence-corrected chi connectivity index (χ4v) is 3.54. The molecule has 3 rings (SSSR count). The Morgan fingerprint density at radius 3 is 2.43 bits per heavy atom. The summed E-state index contributed by atoms with van der Waals surface area (Å²) in [5, 5.41) is 6.17. The smallest absolute Gasteiger partial charge is 0.221 e. The number of amides is 1. The van der Waals surface area contributed by atoms with E-state index in [0.717, 1.165) is 27.0 Å². The minimum absolute atomic E-state index is 0.0913. The first-order valence-corrected chi connectivity index (χ1v) is 10.4. The number of aryl methyl sites for hydroxylation is 1. The molecule has 0 saturated heterocycles. The van der Waals surface area contributed by atoms with E-state index in [2.05, 4.69) is 45.6 Å². The van der Waals surface area contributed by atoms with E-state index in [1.807, 2.05) is 48.5 Å². The van der Waals surface area contributed by atoms with Gasteiger partial charge in [0.1, 0.15) is 6.61 Å². The van der Waals surface area contributed by atoms with Crippen LogP contribution in [0.25, 0.3) is 0 Å². The Kier molecular flexibility index (Phi) is 7.36. The van der Waals surface area contributed by atoms with Gasteiger partial charge in [0.2, 0.25) is 5.91 Å². The number of methoxy groups -OCH3 is 1. The third kappa shape index (κ3) is 5.76. The first-order chi connectivity index (χ1) is 14.5. The lowest BCUT2D eigenvalue weighted by Crippen LogP contribution is -2.07. The van der Waals surface area contributed by atoms with Crippen molar-refractivity contribution in [2.45, 2.75) is 27.0 Å². The molecule has 1 amide bonds. The first-order valence-electron chi connectivity index (χ1n) is 9.61. The molecule has 156 valence electrons. The number of carbonyl (C=O) groups excluding carboxylic acids is 1. The average Bonchev–Trinajstić information content (AvgIpc) is 2.72. The highest BCUT2D eigenvalue weighted by Crippen LogP contribution is 2.37. The second kappa shape index (κ2) is 10.2. The van der Waals surface area contributed by atoms with Crippen molar-refractivity contribution in [2.75, 3.05) is 17.7 Å². The number of halogens is 1. The molecule has 3 aromatic carbocycles. The predicted molar refractivity (Wildman–Crippen MR) is 124 cm³/mol. The largest absolute Gasteiger partial charge is 0.493 e. The highest BCUT2D eigenvalue weighted by molar-refractivity contribution is 9.10. The van der Waals surface area contributed by atoms with E-state index in [-0.39, 0.29) is 5.91 Å². The summed E-state index contributed by atoms with van der Waals surface area (Å²) in [5.41, 5.74) is 4.96. The van der Waals surface area contributed by atoms with Crippen molar-refractivity contribution < 1.29 is 14.3 Å². The lowest BCUT2D eigenvalue weighted by Gasteiger charge is -2.18. The van der Waals surface area contributed by atoms with Gasteiger partial charge in [-0.05, 0) is 48.9 Å². The molecule has 0 aliphatic heterocycles. The standard InChI is InChI=1S/C24H25BrN2O3/c1-16-5-4-6-18(13-16)15-30-24-21(22(25)11-12-23(24)29-3)14-26-19-7-9-20(10-8-19)27-17(2)28/h4-13,26H,14-15H2,1-3H3,(H,27,28). The van der Waals surface area contributed by atoms with E-state index in [1.54, 1.807) is 7.11 Å². The molecule has 0 aliphatic rings. The third-order valence-corrected chi connectivity index (χ3v) is 5.27. The lowest BCUT2D eigenvalue weighted by molar-refractivity contribution is -0.114. The zero-order chi connectivity index (χ0) is 21.5. The van der Waals surface area contributed by atoms with Gasteiger partial charge in [0.15, 0.2) is 11.5 Å². The van der Waals surface area contributed by atoms with Crippen molar-refractivity contribution in [2.24, 2.45) is 0 Å². The number of nitrogens with one attached hydrogen (secondary N) is 2. The SMILES string of the molecule is COc1ccc(Br)c(CNc2ccc(NC(C)=O)cc2)c1OCc1cccc(C)c1. The van der Waals surface area contributed by atoms with E-state index in [1.165, 1.54) is 12.5 Å². The molecule has 6 heteroatoms. The maximum Gasteiger partial charge on any atom is 0.221 e. The molecule has 0 radical (unpaired) electrons. The van der Waals surface area contributed by atoms with Crippen LogP contribution in [-0.2, 0) is 17.9 Å². The molecule has 0 heterocycles. The van der Waals surface area contributed by atoms with Gasteiger partial charge in [-0.3, -0.25) is 4.79 Å². The molecule has 3 aromatic rings. The Morgan fingerprint density at radius 1 is 1.03 bits per heavy atom. The summed E-state index contributed by atoms with van der Waals surface area (Å²) in [6.45, 7) is 4.55. The van der Waals surface area contributed by atoms with E-state index in [0.29, 0.717) is 24.7 Å². The molecule has 0 spiro atoms. The van der Waals surface area contributed by atoms with Crippen LogP contribution in [0.4, 0.5) is 11.4 Å². The van der Waals surface area contributed by atoms with Crippen molar-refractivity contribution >= 4 is 33.2 Å². The van der Waals surface area contributed by atoms with E-state index in [4.69, 9.17) is 9.47 Å². The quantitative estimate of drug-likeness (QED) is 0.430. The number of anilines is 2. The van der Waals surface area contributed by atoms with Gasteiger partial charge in [-0.25, -0.2) is 0 Å². The second-order valence-corrected chi connectivity index (χ2v) is 7.80. The average molecular weight is 469 g/mol. The maximum absolute atomic E-state index is 11.2. The van der Waals surface area contributed by atoms with Crippen molar-refractivity contribution in [1.29, 1.82) is 0 Å². The van der Waals surface area contributed by atoms with Gasteiger partial charge in [-0.1, -0.05) is 45.8 Å². The van der Waals surface area contributed by atoms with Crippen LogP contribution < -0.4 is 20.1 Å². The predicted octanol–water partition coefficient (Wildman–Crippen LogP) is 5.92. The molecule has 0 unspecified atom stereocenters. The molecule has 0 atom stereocenters. The monoisotopic (exact) mass is 468 g/mol. The maximum atomic E-state index is 11.2. The molecular formula is C24H25BrN2O3. The van der Waals surface area contributed by atoms with Gasteiger partial charge in [0.25, 0.3) is 0 Å². The van der Waals surface area contributed by atoms with Crippen LogP contribution in [0.5, 0.6) is 11.5 Å². The topological polar surface area (TPSA) is 59.6 Å². The van der Waals surface area contributed by atoms with Crippen LogP contribution in [0, 0.1) is 6.92 Å². The summed E-state index contributed by atoms with van der Waals surface area (Å²) in [7, 11) is 1.64. The fourth-order valence-electron chi connectivity index (χ4n) is 3.09. The summed E-state index contributed by atoms with van der Waals surface area (Å²) >= 11 is 3.64. The Bertz CT molecular complexity index is 1020. The van der Waals surface area contributed by atoms with E-state index in [9.17, 15) is 4.79 Å². The van der Waals surface area contributed by atoms with Crippen LogP contribution in [0.3, 0.4) is 0 Å². The minimum Gasteiger partial charge on any atom is -0.493 e. The number of hydrogen-bond acceptors (Lipinski definition) is 4. The summed E-state index contributed by atoms with van der Waals surface area (Å²) in [6.07, 6.45) is 0. The Hall–Kier alpha value is -2.99. The molecule has 0 fully saturated rings. The normalized spacial score (nSPS) is 10.4. The minimum atomic E-state index is -0.0913. The lowest BCUT2D eigenvalue weighted by atomic mass is 10.1.